The third-order valence-corrected chi connectivity index (χ3v) is 14.6. The average Bonchev–Trinajstić information content (AvgIpc) is 4.07. The van der Waals surface area contributed by atoms with Gasteiger partial charge in [0.1, 0.15) is 17.5 Å². The van der Waals surface area contributed by atoms with Crippen LogP contribution in [0, 0.1) is 17.5 Å². The van der Waals surface area contributed by atoms with Gasteiger partial charge in [-0.1, -0.05) is 11.6 Å². The van der Waals surface area contributed by atoms with Gasteiger partial charge < -0.3 is 65.5 Å². The number of nitrogens with one attached hydrogen (secondary N) is 6. The summed E-state index contributed by atoms with van der Waals surface area (Å²) >= 11 is 5.80. The molecule has 21 heteroatoms. The number of morpholine rings is 1. The molecule has 440 valence electrons. The number of rotatable bonds is 11. The minimum Gasteiger partial charge on any atom is -0.380 e. The smallest absolute Gasteiger partial charge is 0.323 e. The van der Waals surface area contributed by atoms with Gasteiger partial charge in [0.2, 0.25) is 0 Å². The molecule has 0 atom stereocenters. The van der Waals surface area contributed by atoms with E-state index in [1.807, 2.05) is 63.2 Å². The number of hydrogen-bond donors (Lipinski definition) is 6. The Morgan fingerprint density at radius 1 is 0.393 bits per heavy atom. The predicted molar refractivity (Wildman–Crippen MR) is 327 cm³/mol. The van der Waals surface area contributed by atoms with Crippen LogP contribution in [0.25, 0.3) is 5.69 Å². The number of benzene rings is 6. The largest absolute Gasteiger partial charge is 0.380 e. The molecule has 6 aromatic carbocycles. The van der Waals surface area contributed by atoms with Gasteiger partial charge in [-0.3, -0.25) is 4.79 Å². The van der Waals surface area contributed by atoms with Gasteiger partial charge in [-0.15, -0.1) is 0 Å². The topological polar surface area (TPSA) is 177 Å². The highest BCUT2D eigenvalue weighted by molar-refractivity contribution is 6.30. The maximum absolute atomic E-state index is 14.5. The van der Waals surface area contributed by atoms with Crippen LogP contribution in [0.4, 0.5) is 78.7 Å². The molecule has 0 spiro atoms. The summed E-state index contributed by atoms with van der Waals surface area (Å²) in [5.74, 6) is -1.07. The summed E-state index contributed by atoms with van der Waals surface area (Å²) in [6, 6.07) is 37.8. The minimum absolute atomic E-state index is 0.0522. The molecule has 7 aromatic rings. The Morgan fingerprint density at radius 2 is 0.750 bits per heavy atom. The predicted octanol–water partition coefficient (Wildman–Crippen LogP) is 13.5. The van der Waals surface area contributed by atoms with Crippen LogP contribution in [-0.4, -0.2) is 112 Å². The minimum atomic E-state index is -0.475. The van der Waals surface area contributed by atoms with Crippen molar-refractivity contribution in [3.8, 4) is 5.69 Å². The lowest BCUT2D eigenvalue weighted by Crippen LogP contribution is -2.40. The summed E-state index contributed by atoms with van der Waals surface area (Å²) in [5.41, 5.74) is 6.28. The summed E-state index contributed by atoms with van der Waals surface area (Å²) in [6.07, 6.45) is 11.5. The second-order valence-electron chi connectivity index (χ2n) is 20.4. The van der Waals surface area contributed by atoms with Gasteiger partial charge in [0.25, 0.3) is 5.91 Å². The van der Waals surface area contributed by atoms with Crippen molar-refractivity contribution in [2.24, 2.45) is 0 Å². The van der Waals surface area contributed by atoms with E-state index in [0.717, 1.165) is 70.5 Å². The van der Waals surface area contributed by atoms with E-state index >= 15 is 0 Å². The second kappa shape index (κ2) is 30.0. The van der Waals surface area contributed by atoms with Crippen LogP contribution in [0.15, 0.2) is 152 Å². The fourth-order valence-corrected chi connectivity index (χ4v) is 10.2. The van der Waals surface area contributed by atoms with E-state index in [-0.39, 0.29) is 23.4 Å². The molecule has 4 fully saturated rings. The zero-order valence-electron chi connectivity index (χ0n) is 46.6. The van der Waals surface area contributed by atoms with Gasteiger partial charge in [0, 0.05) is 122 Å². The summed E-state index contributed by atoms with van der Waals surface area (Å²) in [4.78, 5) is 56.8. The van der Waals surface area contributed by atoms with Gasteiger partial charge in [-0.25, -0.2) is 27.6 Å². The number of aromatic nitrogens is 1. The van der Waals surface area contributed by atoms with Crippen LogP contribution >= 0.6 is 11.6 Å². The zero-order chi connectivity index (χ0) is 58.6. The van der Waals surface area contributed by atoms with Crippen molar-refractivity contribution in [1.29, 1.82) is 0 Å². The molecular formula is C63H69ClF3N11O6. The van der Waals surface area contributed by atoms with E-state index in [1.165, 1.54) is 31.0 Å². The SMILES string of the molecule is O=C(Nc1ccc(-n2cccc2)cc1)Nc1ccc(N2CCCCC2)c(F)c1.O=C(Nc1ccc(C(=O)N2CCOCC2)cc1)Nc1ccc(N2CCCCC2)c(F)c1.O=C(Nc1ccc(Cl)cc1)Nc1ccc(N2CCCOCC2)c(F)c1. The van der Waals surface area contributed by atoms with Crippen molar-refractivity contribution >= 4 is 86.8 Å². The van der Waals surface area contributed by atoms with Crippen LogP contribution in [0.5, 0.6) is 0 Å². The molecule has 0 aliphatic carbocycles. The third kappa shape index (κ3) is 17.4. The number of amides is 7. The Kier molecular flexibility index (Phi) is 21.4. The summed E-state index contributed by atoms with van der Waals surface area (Å²) in [6.45, 7) is 8.40. The molecule has 17 nitrogen and oxygen atoms in total. The van der Waals surface area contributed by atoms with E-state index in [4.69, 9.17) is 21.1 Å². The monoisotopic (exact) mass is 1170 g/mol. The van der Waals surface area contributed by atoms with Crippen molar-refractivity contribution in [3.63, 3.8) is 0 Å². The first-order chi connectivity index (χ1) is 40.9. The molecule has 4 aliphatic rings. The van der Waals surface area contributed by atoms with Gasteiger partial charge >= 0.3 is 18.1 Å². The number of nitrogens with zero attached hydrogens (tertiary/aromatic N) is 5. The van der Waals surface area contributed by atoms with Crippen molar-refractivity contribution < 1.29 is 41.8 Å². The van der Waals surface area contributed by atoms with Crippen molar-refractivity contribution in [2.45, 2.75) is 44.9 Å². The number of ether oxygens (including phenoxy) is 2. The van der Waals surface area contributed by atoms with E-state index in [2.05, 4.69) is 36.8 Å². The molecule has 5 heterocycles. The quantitative estimate of drug-likeness (QED) is 0.0736. The second-order valence-corrected chi connectivity index (χ2v) is 20.8. The number of halogens is 4. The fraction of sp³-hybridized carbons (Fsp3) is 0.302. The van der Waals surface area contributed by atoms with E-state index in [0.29, 0.717) is 108 Å². The normalized spacial score (nSPS) is 15.2. The molecule has 0 radical (unpaired) electrons. The highest BCUT2D eigenvalue weighted by Gasteiger charge is 2.21. The zero-order valence-corrected chi connectivity index (χ0v) is 47.3. The van der Waals surface area contributed by atoms with Crippen molar-refractivity contribution in [1.82, 2.24) is 9.47 Å². The van der Waals surface area contributed by atoms with Crippen LogP contribution < -0.4 is 46.6 Å². The first-order valence-electron chi connectivity index (χ1n) is 28.3. The molecule has 6 N–H and O–H groups in total. The first-order valence-corrected chi connectivity index (χ1v) is 28.7. The molecule has 84 heavy (non-hydrogen) atoms. The Labute approximate surface area is 492 Å². The van der Waals surface area contributed by atoms with Gasteiger partial charge in [0.05, 0.1) is 36.9 Å². The number of urea groups is 3. The molecule has 11 rings (SSSR count). The lowest BCUT2D eigenvalue weighted by atomic mass is 10.1. The van der Waals surface area contributed by atoms with Gasteiger partial charge in [-0.2, -0.15) is 0 Å². The molecule has 4 aliphatic heterocycles. The third-order valence-electron chi connectivity index (χ3n) is 14.4. The Balaban J connectivity index is 0.000000152. The Hall–Kier alpha value is -8.72. The summed E-state index contributed by atoms with van der Waals surface area (Å²) in [5, 5.41) is 16.7. The maximum atomic E-state index is 14.5. The van der Waals surface area contributed by atoms with Crippen LogP contribution in [-0.2, 0) is 9.47 Å². The summed E-state index contributed by atoms with van der Waals surface area (Å²) < 4.78 is 56.1. The van der Waals surface area contributed by atoms with E-state index in [1.54, 1.807) is 89.8 Å². The van der Waals surface area contributed by atoms with E-state index < -0.39 is 18.1 Å². The van der Waals surface area contributed by atoms with Crippen LogP contribution in [0.3, 0.4) is 0 Å². The van der Waals surface area contributed by atoms with Gasteiger partial charge in [0.15, 0.2) is 0 Å². The molecule has 0 unspecified atom stereocenters. The van der Waals surface area contributed by atoms with Crippen molar-refractivity contribution in [2.75, 3.05) is 125 Å². The number of anilines is 9. The standard InChI is InChI=1S/C23H27FN4O3.C22H23FN4O.C18H19ClFN3O2/c24-20-16-19(8-9-21(20)27-10-2-1-3-11-27)26-23(30)25-18-6-4-17(5-7-18)22(29)28-12-14-31-15-13-28;23-20-16-18(8-11-21(20)27-14-2-1-3-15-27)25-22(28)24-17-6-9-19(10-7-17)26-12-4-5-13-26;19-13-2-4-14(5-3-13)21-18(24)22-15-6-7-17(16(20)12-15)23-8-1-10-25-11-9-23/h4-9,16H,1-3,10-15H2,(H2,25,26,30);4-13,16H,1-3,14-15H2,(H2,24,25,28);2-7,12H,1,8-11H2,(H2,21,22,24). The molecule has 0 saturated carbocycles. The highest BCUT2D eigenvalue weighted by Crippen LogP contribution is 2.29. The highest BCUT2D eigenvalue weighted by atomic mass is 35.5. The number of carbonyl (C=O) groups excluding carboxylic acids is 4. The van der Waals surface area contributed by atoms with Crippen LogP contribution in [0.1, 0.15) is 55.3 Å². The molecule has 0 bridgehead atoms. The number of carbonyl (C=O) groups is 4. The molecule has 4 saturated heterocycles. The number of piperidine rings is 2. The Bertz CT molecular complexity index is 3280. The lowest BCUT2D eigenvalue weighted by molar-refractivity contribution is 0.0303. The van der Waals surface area contributed by atoms with Gasteiger partial charge in [-0.05, 0) is 184 Å². The molecular weight excluding hydrogens is 1100 g/mol. The van der Waals surface area contributed by atoms with Crippen LogP contribution in [0.2, 0.25) is 5.02 Å². The molecule has 7 amide bonds. The number of hydrogen-bond acceptors (Lipinski definition) is 9. The molecule has 1 aromatic heterocycles. The maximum Gasteiger partial charge on any atom is 0.323 e. The average molecular weight is 1170 g/mol. The van der Waals surface area contributed by atoms with Crippen molar-refractivity contribution in [3.05, 3.63) is 180 Å². The first kappa shape index (κ1) is 59.9. The van der Waals surface area contributed by atoms with E-state index in [9.17, 15) is 32.3 Å². The Morgan fingerprint density at radius 3 is 1.19 bits per heavy atom. The fourth-order valence-electron chi connectivity index (χ4n) is 10.1. The summed E-state index contributed by atoms with van der Waals surface area (Å²) in [7, 11) is 0. The lowest BCUT2D eigenvalue weighted by Gasteiger charge is -2.29.